The third-order valence-electron chi connectivity index (χ3n) is 3.62. The lowest BCUT2D eigenvalue weighted by Gasteiger charge is -2.03. The first-order chi connectivity index (χ1) is 11.1. The average molecular weight is 315 g/mol. The summed E-state index contributed by atoms with van der Waals surface area (Å²) in [6.45, 7) is 1.33. The summed E-state index contributed by atoms with van der Waals surface area (Å²) in [5, 5.41) is 4.27. The quantitative estimate of drug-likeness (QED) is 0.587. The highest BCUT2D eigenvalue weighted by atomic mass is 16.5. The van der Waals surface area contributed by atoms with E-state index in [2.05, 4.69) is 9.84 Å². The molecule has 0 saturated heterocycles. The van der Waals surface area contributed by atoms with E-state index in [1.54, 1.807) is 6.92 Å². The Hall–Kier alpha value is -2.70. The summed E-state index contributed by atoms with van der Waals surface area (Å²) >= 11 is 0. The summed E-state index contributed by atoms with van der Waals surface area (Å²) in [5.74, 6) is -0.865. The van der Waals surface area contributed by atoms with E-state index in [9.17, 15) is 14.4 Å². The van der Waals surface area contributed by atoms with Gasteiger partial charge in [0.25, 0.3) is 5.78 Å². The van der Waals surface area contributed by atoms with E-state index in [1.165, 1.54) is 4.57 Å². The Morgan fingerprint density at radius 3 is 2.57 bits per heavy atom. The van der Waals surface area contributed by atoms with Gasteiger partial charge in [-0.05, 0) is 31.9 Å². The van der Waals surface area contributed by atoms with Crippen molar-refractivity contribution in [2.45, 2.75) is 32.2 Å². The van der Waals surface area contributed by atoms with Gasteiger partial charge in [-0.1, -0.05) is 18.2 Å². The number of benzene rings is 1. The second-order valence-corrected chi connectivity index (χ2v) is 5.39. The molecule has 1 heterocycles. The van der Waals surface area contributed by atoms with Crippen LogP contribution in [0.15, 0.2) is 35.1 Å². The highest BCUT2D eigenvalue weighted by Gasteiger charge is 2.32. The summed E-state index contributed by atoms with van der Waals surface area (Å²) in [7, 11) is 0. The van der Waals surface area contributed by atoms with E-state index in [1.807, 2.05) is 30.3 Å². The molecule has 0 atom stereocenters. The minimum atomic E-state index is -0.943. The Kier molecular flexibility index (Phi) is 4.10. The number of nitrogens with zero attached hydrogens (tertiary/aromatic N) is 3. The number of rotatable bonds is 6. The Labute approximate surface area is 132 Å². The van der Waals surface area contributed by atoms with Crippen LogP contribution in [-0.2, 0) is 20.9 Å². The molecule has 1 aromatic heterocycles. The molecule has 1 aromatic carbocycles. The molecular formula is C16H17N3O4. The molecule has 0 N–H and O–H groups in total. The number of hydrogen-bond acceptors (Lipinski definition) is 5. The number of hydrogen-bond donors (Lipinski definition) is 0. The van der Waals surface area contributed by atoms with E-state index in [-0.39, 0.29) is 12.5 Å². The average Bonchev–Trinajstić information content (AvgIpc) is 3.34. The molecule has 2 aromatic rings. The molecule has 0 radical (unpaired) electrons. The molecule has 23 heavy (non-hydrogen) atoms. The Balaban J connectivity index is 1.95. The largest absolute Gasteiger partial charge is 0.460 e. The molecule has 0 spiro atoms. The number of Topliss-reactive ketones (excluding diaryl/α,β-unsaturated/α-hetero) is 1. The Bertz CT molecular complexity index is 787. The molecule has 1 fully saturated rings. The summed E-state index contributed by atoms with van der Waals surface area (Å²) < 4.78 is 7.21. The maximum atomic E-state index is 12.6. The summed E-state index contributed by atoms with van der Waals surface area (Å²) in [4.78, 5) is 35.9. The minimum absolute atomic E-state index is 0.116. The minimum Gasteiger partial charge on any atom is -0.460 e. The highest BCUT2D eigenvalue weighted by Crippen LogP contribution is 2.39. The molecule has 7 nitrogen and oxygen atoms in total. The fraction of sp³-hybridized carbons (Fsp3) is 0.375. The highest BCUT2D eigenvalue weighted by molar-refractivity contribution is 6.33. The van der Waals surface area contributed by atoms with Crippen molar-refractivity contribution in [1.29, 1.82) is 0 Å². The van der Waals surface area contributed by atoms with Crippen molar-refractivity contribution in [3.8, 4) is 5.69 Å². The Morgan fingerprint density at radius 1 is 1.26 bits per heavy atom. The van der Waals surface area contributed by atoms with Crippen LogP contribution >= 0.6 is 0 Å². The van der Waals surface area contributed by atoms with Crippen LogP contribution in [0.1, 0.15) is 31.5 Å². The SMILES string of the molecule is CCOC(=O)C(=O)Cn1nc(C2CC2)n(-c2ccccc2)c1=O. The number of para-hydroxylation sites is 1. The maximum absolute atomic E-state index is 12.6. The summed E-state index contributed by atoms with van der Waals surface area (Å²) in [6.07, 6.45) is 1.93. The van der Waals surface area contributed by atoms with Gasteiger partial charge in [0.1, 0.15) is 12.4 Å². The zero-order valence-electron chi connectivity index (χ0n) is 12.8. The lowest BCUT2D eigenvalue weighted by Crippen LogP contribution is -2.30. The number of aromatic nitrogens is 3. The fourth-order valence-corrected chi connectivity index (χ4v) is 2.37. The van der Waals surface area contributed by atoms with Crippen molar-refractivity contribution in [2.24, 2.45) is 0 Å². The molecule has 0 aliphatic heterocycles. The van der Waals surface area contributed by atoms with Gasteiger partial charge in [-0.3, -0.25) is 4.79 Å². The molecular weight excluding hydrogens is 298 g/mol. The van der Waals surface area contributed by atoms with Crippen LogP contribution in [0.3, 0.4) is 0 Å². The summed E-state index contributed by atoms with van der Waals surface area (Å²) in [5.41, 5.74) is 0.282. The van der Waals surface area contributed by atoms with Gasteiger partial charge in [-0.15, -0.1) is 0 Å². The van der Waals surface area contributed by atoms with Gasteiger partial charge in [-0.2, -0.15) is 5.10 Å². The van der Waals surface area contributed by atoms with Gasteiger partial charge in [0.05, 0.1) is 12.3 Å². The number of carbonyl (C=O) groups is 2. The van der Waals surface area contributed by atoms with Crippen LogP contribution in [0.25, 0.3) is 5.69 Å². The van der Waals surface area contributed by atoms with Crippen LogP contribution in [0.2, 0.25) is 0 Å². The van der Waals surface area contributed by atoms with Gasteiger partial charge < -0.3 is 4.74 Å². The van der Waals surface area contributed by atoms with Gasteiger partial charge in [0.15, 0.2) is 0 Å². The molecule has 120 valence electrons. The molecule has 1 aliphatic carbocycles. The number of ether oxygens (including phenoxy) is 1. The molecule has 1 aliphatic rings. The molecule has 0 unspecified atom stereocenters. The third-order valence-corrected chi connectivity index (χ3v) is 3.62. The molecule has 7 heteroatoms. The van der Waals surface area contributed by atoms with Crippen molar-refractivity contribution < 1.29 is 14.3 Å². The van der Waals surface area contributed by atoms with Gasteiger partial charge in [0.2, 0.25) is 0 Å². The zero-order chi connectivity index (χ0) is 16.4. The maximum Gasteiger partial charge on any atom is 0.376 e. The van der Waals surface area contributed by atoms with Crippen LogP contribution in [0.4, 0.5) is 0 Å². The second-order valence-electron chi connectivity index (χ2n) is 5.39. The summed E-state index contributed by atoms with van der Waals surface area (Å²) in [6, 6.07) is 9.15. The van der Waals surface area contributed by atoms with E-state index < -0.39 is 24.0 Å². The van der Waals surface area contributed by atoms with Gasteiger partial charge in [0, 0.05) is 5.92 Å². The van der Waals surface area contributed by atoms with Crippen molar-refractivity contribution >= 4 is 11.8 Å². The number of esters is 1. The molecule has 3 rings (SSSR count). The first-order valence-corrected chi connectivity index (χ1v) is 7.57. The monoisotopic (exact) mass is 315 g/mol. The zero-order valence-corrected chi connectivity index (χ0v) is 12.8. The predicted molar refractivity (Wildman–Crippen MR) is 81.4 cm³/mol. The van der Waals surface area contributed by atoms with Crippen molar-refractivity contribution in [2.75, 3.05) is 6.61 Å². The lowest BCUT2D eigenvalue weighted by molar-refractivity contribution is -0.153. The lowest BCUT2D eigenvalue weighted by atomic mass is 10.3. The molecule has 1 saturated carbocycles. The fourth-order valence-electron chi connectivity index (χ4n) is 2.37. The van der Waals surface area contributed by atoms with E-state index in [0.717, 1.165) is 17.5 Å². The predicted octanol–water partition coefficient (Wildman–Crippen LogP) is 1.04. The van der Waals surface area contributed by atoms with Gasteiger partial charge in [-0.25, -0.2) is 18.8 Å². The van der Waals surface area contributed by atoms with Gasteiger partial charge >= 0.3 is 11.7 Å². The second kappa shape index (κ2) is 6.20. The first kappa shape index (κ1) is 15.2. The first-order valence-electron chi connectivity index (χ1n) is 7.57. The van der Waals surface area contributed by atoms with Crippen LogP contribution in [0.5, 0.6) is 0 Å². The topological polar surface area (TPSA) is 83.2 Å². The van der Waals surface area contributed by atoms with E-state index >= 15 is 0 Å². The van der Waals surface area contributed by atoms with Crippen molar-refractivity contribution in [3.63, 3.8) is 0 Å². The molecule has 0 bridgehead atoms. The standard InChI is InChI=1S/C16H17N3O4/c1-2-23-15(21)13(20)10-18-16(22)19(12-6-4-3-5-7-12)14(17-18)11-8-9-11/h3-7,11H,2,8-10H2,1H3. The van der Waals surface area contributed by atoms with Crippen LogP contribution < -0.4 is 5.69 Å². The smallest absolute Gasteiger partial charge is 0.376 e. The Morgan fingerprint density at radius 2 is 1.96 bits per heavy atom. The number of carbonyl (C=O) groups excluding carboxylic acids is 2. The third kappa shape index (κ3) is 3.08. The van der Waals surface area contributed by atoms with E-state index in [0.29, 0.717) is 11.5 Å². The molecule has 0 amide bonds. The number of ketones is 1. The van der Waals surface area contributed by atoms with Crippen LogP contribution in [-0.4, -0.2) is 32.7 Å². The normalized spacial score (nSPS) is 13.8. The van der Waals surface area contributed by atoms with Crippen molar-refractivity contribution in [3.05, 3.63) is 46.6 Å². The van der Waals surface area contributed by atoms with E-state index in [4.69, 9.17) is 0 Å². The van der Waals surface area contributed by atoms with Crippen molar-refractivity contribution in [1.82, 2.24) is 14.3 Å². The van der Waals surface area contributed by atoms with Crippen LogP contribution in [0, 0.1) is 0 Å².